The molecule has 0 fully saturated rings. The average Bonchev–Trinajstić information content (AvgIpc) is 2.40. The second kappa shape index (κ2) is 8.11. The van der Waals surface area contributed by atoms with Gasteiger partial charge in [-0.25, -0.2) is 0 Å². The number of carbonyl (C=O) groups is 1. The molecule has 0 aliphatic rings. The SMILES string of the molecule is Cc1ccccc1.O=C(CS)c1ccccc1Br. The molecule has 0 radical (unpaired) electrons. The standard InChI is InChI=1S/C8H7BrOS.C7H8/c9-7-4-2-1-3-6(7)8(10)5-11;1-7-5-3-2-4-6-7/h1-4,11H,5H2;2-6H,1H3. The summed E-state index contributed by atoms with van der Waals surface area (Å²) in [5.74, 6) is 0.295. The van der Waals surface area contributed by atoms with Crippen LogP contribution in [0.3, 0.4) is 0 Å². The molecule has 94 valence electrons. The molecule has 0 amide bonds. The van der Waals surface area contributed by atoms with Crippen LogP contribution in [0.4, 0.5) is 0 Å². The second-order valence-electron chi connectivity index (χ2n) is 3.72. The van der Waals surface area contributed by atoms with Crippen LogP contribution in [0, 0.1) is 6.92 Å². The number of hydrogen-bond acceptors (Lipinski definition) is 2. The molecule has 0 saturated carbocycles. The molecule has 18 heavy (non-hydrogen) atoms. The summed E-state index contributed by atoms with van der Waals surface area (Å²) in [5, 5.41) is 0. The van der Waals surface area contributed by atoms with Crippen molar-refractivity contribution in [1.29, 1.82) is 0 Å². The van der Waals surface area contributed by atoms with E-state index in [-0.39, 0.29) is 11.5 Å². The third-order valence-electron chi connectivity index (χ3n) is 2.26. The molecule has 0 spiro atoms. The van der Waals surface area contributed by atoms with Gasteiger partial charge in [-0.2, -0.15) is 12.6 Å². The smallest absolute Gasteiger partial charge is 0.173 e. The summed E-state index contributed by atoms with van der Waals surface area (Å²) in [6.07, 6.45) is 0. The van der Waals surface area contributed by atoms with Crippen LogP contribution in [0.1, 0.15) is 15.9 Å². The Kier molecular flexibility index (Phi) is 6.76. The van der Waals surface area contributed by atoms with Gasteiger partial charge >= 0.3 is 0 Å². The number of Topliss-reactive ketones (excluding diaryl/α,β-unsaturated/α-hetero) is 1. The van der Waals surface area contributed by atoms with Crippen molar-refractivity contribution in [2.24, 2.45) is 0 Å². The third kappa shape index (κ3) is 5.07. The molecule has 0 aliphatic heterocycles. The minimum Gasteiger partial charge on any atom is -0.293 e. The first-order valence-corrected chi connectivity index (χ1v) is 6.98. The lowest BCUT2D eigenvalue weighted by Crippen LogP contribution is -2.00. The molecular weight excluding hydrogens is 308 g/mol. The van der Waals surface area contributed by atoms with Gasteiger partial charge in [-0.05, 0) is 13.0 Å². The lowest BCUT2D eigenvalue weighted by atomic mass is 10.1. The quantitative estimate of drug-likeness (QED) is 0.633. The predicted octanol–water partition coefficient (Wildman–Crippen LogP) is 4.56. The van der Waals surface area contributed by atoms with Crippen molar-refractivity contribution < 1.29 is 4.79 Å². The number of thiol groups is 1. The van der Waals surface area contributed by atoms with Crippen LogP contribution < -0.4 is 0 Å². The summed E-state index contributed by atoms with van der Waals surface area (Å²) in [5.41, 5.74) is 2.02. The molecule has 0 aliphatic carbocycles. The highest BCUT2D eigenvalue weighted by atomic mass is 79.9. The minimum atomic E-state index is 0.0424. The second-order valence-corrected chi connectivity index (χ2v) is 4.89. The molecule has 0 aromatic heterocycles. The fraction of sp³-hybridized carbons (Fsp3) is 0.133. The van der Waals surface area contributed by atoms with Crippen molar-refractivity contribution in [3.63, 3.8) is 0 Å². The monoisotopic (exact) mass is 322 g/mol. The van der Waals surface area contributed by atoms with Gasteiger partial charge in [0.2, 0.25) is 0 Å². The molecular formula is C15H15BrOS. The van der Waals surface area contributed by atoms with Gasteiger partial charge in [0.1, 0.15) is 0 Å². The van der Waals surface area contributed by atoms with Crippen molar-refractivity contribution in [3.8, 4) is 0 Å². The number of rotatable bonds is 2. The highest BCUT2D eigenvalue weighted by molar-refractivity contribution is 9.10. The zero-order chi connectivity index (χ0) is 13.4. The number of ketones is 1. The summed E-state index contributed by atoms with van der Waals surface area (Å²) in [4.78, 5) is 11.1. The van der Waals surface area contributed by atoms with E-state index in [0.717, 1.165) is 4.47 Å². The van der Waals surface area contributed by atoms with Crippen LogP contribution >= 0.6 is 28.6 Å². The van der Waals surface area contributed by atoms with Crippen LogP contribution in [0.5, 0.6) is 0 Å². The van der Waals surface area contributed by atoms with E-state index in [1.165, 1.54) is 5.56 Å². The Morgan fingerprint density at radius 3 is 2.06 bits per heavy atom. The molecule has 0 atom stereocenters. The van der Waals surface area contributed by atoms with E-state index in [4.69, 9.17) is 0 Å². The molecule has 1 nitrogen and oxygen atoms in total. The first-order valence-electron chi connectivity index (χ1n) is 5.55. The largest absolute Gasteiger partial charge is 0.293 e. The molecule has 0 unspecified atom stereocenters. The molecule has 0 bridgehead atoms. The molecule has 0 N–H and O–H groups in total. The van der Waals surface area contributed by atoms with E-state index in [0.29, 0.717) is 5.56 Å². The lowest BCUT2D eigenvalue weighted by molar-refractivity contribution is 0.102. The Labute approximate surface area is 122 Å². The van der Waals surface area contributed by atoms with E-state index in [1.54, 1.807) is 6.07 Å². The Morgan fingerprint density at radius 1 is 1.06 bits per heavy atom. The number of aryl methyl sites for hydroxylation is 1. The number of carbonyl (C=O) groups excluding carboxylic acids is 1. The summed E-state index contributed by atoms with van der Waals surface area (Å²) >= 11 is 7.19. The Morgan fingerprint density at radius 2 is 1.61 bits per heavy atom. The average molecular weight is 323 g/mol. The Hall–Kier alpha value is -1.06. The topological polar surface area (TPSA) is 17.1 Å². The maximum Gasteiger partial charge on any atom is 0.173 e. The summed E-state index contributed by atoms with van der Waals surface area (Å²) in [6, 6.07) is 17.6. The van der Waals surface area contributed by atoms with E-state index in [2.05, 4.69) is 47.6 Å². The predicted molar refractivity (Wildman–Crippen MR) is 83.5 cm³/mol. The number of halogens is 1. The Bertz CT molecular complexity index is 497. The van der Waals surface area contributed by atoms with Crippen molar-refractivity contribution in [3.05, 3.63) is 70.2 Å². The van der Waals surface area contributed by atoms with Gasteiger partial charge in [0, 0.05) is 10.0 Å². The molecule has 2 aromatic rings. The van der Waals surface area contributed by atoms with Crippen LogP contribution in [-0.4, -0.2) is 11.5 Å². The zero-order valence-corrected chi connectivity index (χ0v) is 12.6. The Balaban J connectivity index is 0.000000199. The maximum atomic E-state index is 11.1. The number of hydrogen-bond donors (Lipinski definition) is 1. The minimum absolute atomic E-state index is 0.0424. The molecule has 0 saturated heterocycles. The van der Waals surface area contributed by atoms with Gasteiger partial charge in [0.25, 0.3) is 0 Å². The van der Waals surface area contributed by atoms with Gasteiger partial charge in [0.05, 0.1) is 5.75 Å². The van der Waals surface area contributed by atoms with E-state index in [9.17, 15) is 4.79 Å². The van der Waals surface area contributed by atoms with Crippen molar-refractivity contribution in [2.45, 2.75) is 6.92 Å². The fourth-order valence-corrected chi connectivity index (χ4v) is 1.98. The van der Waals surface area contributed by atoms with Crippen molar-refractivity contribution in [2.75, 3.05) is 5.75 Å². The van der Waals surface area contributed by atoms with E-state index in [1.807, 2.05) is 36.4 Å². The van der Waals surface area contributed by atoms with Crippen LogP contribution in [0.15, 0.2) is 59.1 Å². The van der Waals surface area contributed by atoms with Crippen LogP contribution in [0.25, 0.3) is 0 Å². The summed E-state index contributed by atoms with van der Waals surface area (Å²) in [7, 11) is 0. The molecule has 0 heterocycles. The highest BCUT2D eigenvalue weighted by Crippen LogP contribution is 2.16. The van der Waals surface area contributed by atoms with Gasteiger partial charge in [-0.1, -0.05) is 70.0 Å². The number of benzene rings is 2. The first-order chi connectivity index (χ1) is 8.65. The van der Waals surface area contributed by atoms with Crippen molar-refractivity contribution in [1.82, 2.24) is 0 Å². The summed E-state index contributed by atoms with van der Waals surface area (Å²) < 4.78 is 0.832. The van der Waals surface area contributed by atoms with Gasteiger partial charge in [-0.3, -0.25) is 4.79 Å². The fourth-order valence-electron chi connectivity index (χ4n) is 1.31. The molecule has 2 rings (SSSR count). The summed E-state index contributed by atoms with van der Waals surface area (Å²) in [6.45, 7) is 2.08. The van der Waals surface area contributed by atoms with Gasteiger partial charge in [0.15, 0.2) is 5.78 Å². The zero-order valence-electron chi connectivity index (χ0n) is 10.1. The normalized spacial score (nSPS) is 9.28. The first kappa shape index (κ1) is 15.0. The maximum absolute atomic E-state index is 11.1. The van der Waals surface area contributed by atoms with Gasteiger partial charge in [-0.15, -0.1) is 0 Å². The van der Waals surface area contributed by atoms with Crippen LogP contribution in [-0.2, 0) is 0 Å². The van der Waals surface area contributed by atoms with Crippen molar-refractivity contribution >= 4 is 34.3 Å². The lowest BCUT2D eigenvalue weighted by Gasteiger charge is -1.98. The van der Waals surface area contributed by atoms with Gasteiger partial charge < -0.3 is 0 Å². The molecule has 3 heteroatoms. The van der Waals surface area contributed by atoms with E-state index >= 15 is 0 Å². The van der Waals surface area contributed by atoms with Crippen LogP contribution in [0.2, 0.25) is 0 Å². The highest BCUT2D eigenvalue weighted by Gasteiger charge is 2.05. The third-order valence-corrected chi connectivity index (χ3v) is 3.24. The molecule has 2 aromatic carbocycles. The van der Waals surface area contributed by atoms with E-state index < -0.39 is 0 Å².